The summed E-state index contributed by atoms with van der Waals surface area (Å²) >= 11 is 13.1. The Morgan fingerprint density at radius 3 is 2.43 bits per heavy atom. The number of amides is 2. The van der Waals surface area contributed by atoms with E-state index in [1.54, 1.807) is 18.2 Å². The monoisotopic (exact) mass is 342 g/mol. The van der Waals surface area contributed by atoms with Gasteiger partial charge in [-0.3, -0.25) is 9.59 Å². The molecule has 0 radical (unpaired) electrons. The van der Waals surface area contributed by atoms with Gasteiger partial charge in [0.15, 0.2) is 0 Å². The molecule has 0 unspecified atom stereocenters. The van der Waals surface area contributed by atoms with Crippen molar-refractivity contribution >= 4 is 46.4 Å². The fourth-order valence-corrected chi connectivity index (χ4v) is 2.63. The molecule has 0 saturated heterocycles. The Balaban J connectivity index is 1.79. The van der Waals surface area contributed by atoms with Gasteiger partial charge in [-0.2, -0.15) is 0 Å². The molecule has 1 heterocycles. The van der Waals surface area contributed by atoms with Crippen molar-refractivity contribution in [3.63, 3.8) is 0 Å². The molecule has 2 rings (SSSR count). The Hall–Kier alpha value is -1.56. The van der Waals surface area contributed by atoms with Crippen LogP contribution >= 0.6 is 34.5 Å². The number of carbonyl (C=O) groups is 2. The molecule has 4 nitrogen and oxygen atoms in total. The molecule has 0 bridgehead atoms. The molecular formula is C14H12Cl2N2O2S. The molecule has 0 aliphatic heterocycles. The van der Waals surface area contributed by atoms with Crippen molar-refractivity contribution in [1.29, 1.82) is 0 Å². The molecule has 0 aliphatic carbocycles. The third-order valence-corrected chi connectivity index (χ3v) is 4.05. The first-order chi connectivity index (χ1) is 10.1. The largest absolute Gasteiger partial charge is 0.350 e. The van der Waals surface area contributed by atoms with Crippen LogP contribution in [0.25, 0.3) is 0 Å². The van der Waals surface area contributed by atoms with Crippen molar-refractivity contribution in [1.82, 2.24) is 10.6 Å². The zero-order chi connectivity index (χ0) is 15.2. The Kier molecular flexibility index (Phi) is 5.61. The summed E-state index contributed by atoms with van der Waals surface area (Å²) in [4.78, 5) is 24.2. The van der Waals surface area contributed by atoms with Crippen molar-refractivity contribution in [3.05, 3.63) is 56.2 Å². The first-order valence-electron chi connectivity index (χ1n) is 6.13. The lowest BCUT2D eigenvalue weighted by molar-refractivity contribution is 0.0929. The van der Waals surface area contributed by atoms with Crippen LogP contribution in [0.5, 0.6) is 0 Å². The molecule has 1 aromatic carbocycles. The van der Waals surface area contributed by atoms with Crippen molar-refractivity contribution in [2.24, 2.45) is 0 Å². The Morgan fingerprint density at radius 2 is 1.76 bits per heavy atom. The number of nitrogens with one attached hydrogen (secondary N) is 2. The molecule has 0 fully saturated rings. The zero-order valence-corrected chi connectivity index (χ0v) is 13.2. The summed E-state index contributed by atoms with van der Waals surface area (Å²) in [5, 5.41) is 7.99. The van der Waals surface area contributed by atoms with Gasteiger partial charge >= 0.3 is 0 Å². The minimum atomic E-state index is -0.326. The lowest BCUT2D eigenvalue weighted by Crippen LogP contribution is -2.34. The van der Waals surface area contributed by atoms with Crippen molar-refractivity contribution < 1.29 is 9.59 Å². The predicted molar refractivity (Wildman–Crippen MR) is 85.4 cm³/mol. The number of hydrogen-bond acceptors (Lipinski definition) is 3. The van der Waals surface area contributed by atoms with E-state index in [9.17, 15) is 9.59 Å². The molecule has 21 heavy (non-hydrogen) atoms. The highest BCUT2D eigenvalue weighted by molar-refractivity contribution is 7.12. The highest BCUT2D eigenvalue weighted by atomic mass is 35.5. The molecule has 110 valence electrons. The van der Waals surface area contributed by atoms with Gasteiger partial charge in [0.1, 0.15) is 0 Å². The molecule has 0 aliphatic rings. The number of thiophene rings is 1. The third kappa shape index (κ3) is 4.46. The maximum absolute atomic E-state index is 11.9. The summed E-state index contributed by atoms with van der Waals surface area (Å²) in [7, 11) is 0. The molecular weight excluding hydrogens is 331 g/mol. The van der Waals surface area contributed by atoms with E-state index in [0.717, 1.165) is 0 Å². The van der Waals surface area contributed by atoms with Crippen LogP contribution in [0, 0.1) is 0 Å². The van der Waals surface area contributed by atoms with Crippen molar-refractivity contribution in [2.45, 2.75) is 0 Å². The van der Waals surface area contributed by atoms with Gasteiger partial charge in [0.2, 0.25) is 0 Å². The van der Waals surface area contributed by atoms with Gasteiger partial charge in [-0.05, 0) is 29.6 Å². The molecule has 7 heteroatoms. The van der Waals surface area contributed by atoms with Gasteiger partial charge in [0, 0.05) is 18.1 Å². The van der Waals surface area contributed by atoms with E-state index in [2.05, 4.69) is 10.6 Å². The van der Waals surface area contributed by atoms with Crippen molar-refractivity contribution in [2.75, 3.05) is 13.1 Å². The number of rotatable bonds is 5. The first-order valence-corrected chi connectivity index (χ1v) is 7.76. The van der Waals surface area contributed by atoms with E-state index in [1.165, 1.54) is 17.4 Å². The molecule has 2 aromatic rings. The highest BCUT2D eigenvalue weighted by Crippen LogP contribution is 2.20. The van der Waals surface area contributed by atoms with Crippen LogP contribution < -0.4 is 10.6 Å². The average Bonchev–Trinajstić information content (AvgIpc) is 3.00. The highest BCUT2D eigenvalue weighted by Gasteiger charge is 2.11. The summed E-state index contributed by atoms with van der Waals surface area (Å²) < 4.78 is 0. The number of hydrogen-bond donors (Lipinski definition) is 2. The first kappa shape index (κ1) is 15.8. The van der Waals surface area contributed by atoms with Crippen LogP contribution in [0.4, 0.5) is 0 Å². The lowest BCUT2D eigenvalue weighted by Gasteiger charge is -2.08. The van der Waals surface area contributed by atoms with E-state index in [-0.39, 0.29) is 11.8 Å². The third-order valence-electron chi connectivity index (χ3n) is 2.61. The maximum atomic E-state index is 11.9. The number of halogens is 2. The topological polar surface area (TPSA) is 58.2 Å². The molecule has 2 amide bonds. The Labute approximate surface area is 136 Å². The standard InChI is InChI=1S/C14H12Cl2N2O2S/c15-9-3-4-11(16)10(8-9)13(19)17-5-6-18-14(20)12-2-1-7-21-12/h1-4,7-8H,5-6H2,(H,17,19)(H,18,20). The zero-order valence-electron chi connectivity index (χ0n) is 10.9. The van der Waals surface area contributed by atoms with E-state index < -0.39 is 0 Å². The van der Waals surface area contributed by atoms with E-state index >= 15 is 0 Å². The molecule has 0 atom stereocenters. The number of benzene rings is 1. The van der Waals surface area contributed by atoms with Crippen LogP contribution in [0.3, 0.4) is 0 Å². The van der Waals surface area contributed by atoms with Crippen molar-refractivity contribution in [3.8, 4) is 0 Å². The summed E-state index contributed by atoms with van der Waals surface area (Å²) in [6.45, 7) is 0.638. The summed E-state index contributed by atoms with van der Waals surface area (Å²) in [5.41, 5.74) is 0.314. The SMILES string of the molecule is O=C(NCCNC(=O)c1cc(Cl)ccc1Cl)c1cccs1. The summed E-state index contributed by atoms with van der Waals surface area (Å²) in [5.74, 6) is -0.479. The minimum absolute atomic E-state index is 0.153. The van der Waals surface area contributed by atoms with Crippen LogP contribution in [0.2, 0.25) is 10.0 Å². The average molecular weight is 343 g/mol. The number of carbonyl (C=O) groups excluding carboxylic acids is 2. The molecule has 0 spiro atoms. The second-order valence-electron chi connectivity index (χ2n) is 4.11. The fraction of sp³-hybridized carbons (Fsp3) is 0.143. The van der Waals surface area contributed by atoms with E-state index in [1.807, 2.05) is 11.4 Å². The second-order valence-corrected chi connectivity index (χ2v) is 5.90. The maximum Gasteiger partial charge on any atom is 0.261 e. The Morgan fingerprint density at radius 1 is 1.05 bits per heavy atom. The van der Waals surface area contributed by atoms with Crippen LogP contribution in [-0.2, 0) is 0 Å². The fourth-order valence-electron chi connectivity index (χ4n) is 1.61. The van der Waals surface area contributed by atoms with Gasteiger partial charge in [0.05, 0.1) is 15.5 Å². The minimum Gasteiger partial charge on any atom is -0.350 e. The second kappa shape index (κ2) is 7.45. The van der Waals surface area contributed by atoms with Gasteiger partial charge in [0.25, 0.3) is 11.8 Å². The van der Waals surface area contributed by atoms with Gasteiger partial charge in [-0.15, -0.1) is 11.3 Å². The van der Waals surface area contributed by atoms with Crippen LogP contribution in [0.1, 0.15) is 20.0 Å². The molecule has 2 N–H and O–H groups in total. The lowest BCUT2D eigenvalue weighted by atomic mass is 10.2. The smallest absolute Gasteiger partial charge is 0.261 e. The summed E-state index contributed by atoms with van der Waals surface area (Å²) in [6, 6.07) is 8.23. The van der Waals surface area contributed by atoms with Crippen LogP contribution in [0.15, 0.2) is 35.7 Å². The summed E-state index contributed by atoms with van der Waals surface area (Å²) in [6.07, 6.45) is 0. The predicted octanol–water partition coefficient (Wildman–Crippen LogP) is 3.21. The van der Waals surface area contributed by atoms with Crippen LogP contribution in [-0.4, -0.2) is 24.9 Å². The van der Waals surface area contributed by atoms with Gasteiger partial charge in [-0.1, -0.05) is 29.3 Å². The van der Waals surface area contributed by atoms with E-state index in [0.29, 0.717) is 33.6 Å². The Bertz CT molecular complexity index is 644. The molecule has 1 aromatic heterocycles. The van der Waals surface area contributed by atoms with Gasteiger partial charge in [-0.25, -0.2) is 0 Å². The van der Waals surface area contributed by atoms with Gasteiger partial charge < -0.3 is 10.6 Å². The van der Waals surface area contributed by atoms with E-state index in [4.69, 9.17) is 23.2 Å². The molecule has 0 saturated carbocycles. The normalized spacial score (nSPS) is 10.2. The quantitative estimate of drug-likeness (QED) is 0.819.